The number of para-hydroxylation sites is 2. The fourth-order valence-electron chi connectivity index (χ4n) is 2.77. The summed E-state index contributed by atoms with van der Waals surface area (Å²) in [5.41, 5.74) is 6.25. The second-order valence-corrected chi connectivity index (χ2v) is 5.50. The van der Waals surface area contributed by atoms with Crippen LogP contribution < -0.4 is 10.7 Å². The van der Waals surface area contributed by atoms with Gasteiger partial charge < -0.3 is 5.32 Å². The molecule has 2 heterocycles. The minimum atomic E-state index is -0.395. The number of hydrazine groups is 1. The smallest absolute Gasteiger partial charge is 0.276 e. The van der Waals surface area contributed by atoms with Gasteiger partial charge in [0.25, 0.3) is 5.91 Å². The summed E-state index contributed by atoms with van der Waals surface area (Å²) >= 11 is 0. The van der Waals surface area contributed by atoms with Crippen LogP contribution in [0.1, 0.15) is 22.2 Å². The van der Waals surface area contributed by atoms with Crippen LogP contribution in [0.3, 0.4) is 0 Å². The predicted octanol–water partition coefficient (Wildman–Crippen LogP) is 3.68. The van der Waals surface area contributed by atoms with E-state index in [-0.39, 0.29) is 5.91 Å². The third kappa shape index (κ3) is 2.56. The summed E-state index contributed by atoms with van der Waals surface area (Å²) in [6, 6.07) is 22.8. The monoisotopic (exact) mass is 316 g/mol. The van der Waals surface area contributed by atoms with Crippen LogP contribution in [0.4, 0.5) is 11.4 Å². The van der Waals surface area contributed by atoms with E-state index in [1.165, 1.54) is 0 Å². The van der Waals surface area contributed by atoms with Crippen LogP contribution in [0.25, 0.3) is 0 Å². The average molecular weight is 316 g/mol. The molecule has 2 aromatic carbocycles. The van der Waals surface area contributed by atoms with Gasteiger partial charge in [0.15, 0.2) is 6.17 Å². The molecule has 1 aliphatic rings. The highest BCUT2D eigenvalue weighted by atomic mass is 16.2. The van der Waals surface area contributed by atoms with E-state index < -0.39 is 6.17 Å². The van der Waals surface area contributed by atoms with Crippen LogP contribution in [0.15, 0.2) is 79.0 Å². The van der Waals surface area contributed by atoms with Crippen LogP contribution in [0.5, 0.6) is 0 Å². The van der Waals surface area contributed by atoms with Gasteiger partial charge in [-0.2, -0.15) is 0 Å². The number of pyridine rings is 1. The zero-order chi connectivity index (χ0) is 16.4. The van der Waals surface area contributed by atoms with Crippen LogP contribution in [0.2, 0.25) is 0 Å². The van der Waals surface area contributed by atoms with Gasteiger partial charge in [-0.15, -0.1) is 0 Å². The van der Waals surface area contributed by atoms with Gasteiger partial charge in [0.2, 0.25) is 0 Å². The summed E-state index contributed by atoms with van der Waals surface area (Å²) in [5, 5.41) is 4.98. The van der Waals surface area contributed by atoms with Crippen molar-refractivity contribution in [1.82, 2.24) is 9.99 Å². The Bertz CT molecular complexity index is 852. The Labute approximate surface area is 139 Å². The number of carbonyl (C=O) groups excluding carboxylic acids is 1. The van der Waals surface area contributed by atoms with Gasteiger partial charge in [0.05, 0.1) is 16.9 Å². The normalized spacial score (nSPS) is 16.2. The third-order valence-electron chi connectivity index (χ3n) is 3.92. The van der Waals surface area contributed by atoms with E-state index in [2.05, 4.69) is 15.7 Å². The number of anilines is 2. The highest BCUT2D eigenvalue weighted by Gasteiger charge is 2.33. The fraction of sp³-hybridized carbons (Fsp3) is 0.0526. The number of nitrogens with zero attached hydrogens (tertiary/aromatic N) is 2. The Morgan fingerprint density at radius 2 is 1.67 bits per heavy atom. The summed E-state index contributed by atoms with van der Waals surface area (Å²) < 4.78 is 0. The van der Waals surface area contributed by atoms with E-state index in [0.717, 1.165) is 17.1 Å². The van der Waals surface area contributed by atoms with Crippen LogP contribution in [-0.2, 0) is 0 Å². The molecule has 5 heteroatoms. The van der Waals surface area contributed by atoms with E-state index in [4.69, 9.17) is 0 Å². The number of carbonyl (C=O) groups is 1. The van der Waals surface area contributed by atoms with Gasteiger partial charge in [-0.3, -0.25) is 15.2 Å². The zero-order valence-corrected chi connectivity index (χ0v) is 12.9. The standard InChI is InChI=1S/C19H16N4O/c24-19-15-10-4-5-11-16(15)21-18(17-12-6-7-13-20-17)23(19)22-14-8-2-1-3-9-14/h1-13,18,21-22H. The minimum absolute atomic E-state index is 0.0937. The van der Waals surface area contributed by atoms with Crippen molar-refractivity contribution in [2.75, 3.05) is 10.7 Å². The Kier molecular flexibility index (Phi) is 3.59. The lowest BCUT2D eigenvalue weighted by Crippen LogP contribution is -2.46. The number of aromatic nitrogens is 1. The first-order valence-corrected chi connectivity index (χ1v) is 7.75. The topological polar surface area (TPSA) is 57.3 Å². The molecule has 0 saturated carbocycles. The Hall–Kier alpha value is -3.34. The van der Waals surface area contributed by atoms with Gasteiger partial charge in [-0.05, 0) is 36.4 Å². The molecule has 1 amide bonds. The van der Waals surface area contributed by atoms with E-state index >= 15 is 0 Å². The van der Waals surface area contributed by atoms with Crippen molar-refractivity contribution in [2.45, 2.75) is 6.17 Å². The number of rotatable bonds is 3. The van der Waals surface area contributed by atoms with Crippen molar-refractivity contribution in [3.63, 3.8) is 0 Å². The average Bonchev–Trinajstić information content (AvgIpc) is 2.65. The lowest BCUT2D eigenvalue weighted by molar-refractivity contribution is 0.0730. The molecule has 0 saturated heterocycles. The molecule has 1 atom stereocenters. The number of fused-ring (bicyclic) bond motifs is 1. The largest absolute Gasteiger partial charge is 0.358 e. The number of nitrogens with one attached hydrogen (secondary N) is 2. The molecule has 1 aliphatic heterocycles. The van der Waals surface area contributed by atoms with E-state index in [0.29, 0.717) is 5.56 Å². The molecule has 0 bridgehead atoms. The Morgan fingerprint density at radius 3 is 2.46 bits per heavy atom. The van der Waals surface area contributed by atoms with E-state index in [1.54, 1.807) is 11.2 Å². The first-order valence-electron chi connectivity index (χ1n) is 7.75. The van der Waals surface area contributed by atoms with Gasteiger partial charge in [0, 0.05) is 11.9 Å². The molecule has 0 fully saturated rings. The first-order chi connectivity index (χ1) is 11.8. The maximum absolute atomic E-state index is 13.0. The molecule has 1 unspecified atom stereocenters. The molecule has 0 radical (unpaired) electrons. The molecule has 3 aromatic rings. The summed E-state index contributed by atoms with van der Waals surface area (Å²) in [6.45, 7) is 0. The van der Waals surface area contributed by atoms with Crippen LogP contribution in [-0.4, -0.2) is 15.9 Å². The van der Waals surface area contributed by atoms with Crippen molar-refractivity contribution in [2.24, 2.45) is 0 Å². The van der Waals surface area contributed by atoms with Gasteiger partial charge in [-0.25, -0.2) is 5.01 Å². The summed E-state index contributed by atoms with van der Waals surface area (Å²) in [6.07, 6.45) is 1.33. The van der Waals surface area contributed by atoms with E-state index in [9.17, 15) is 4.79 Å². The lowest BCUT2D eigenvalue weighted by atomic mass is 10.1. The molecule has 0 aliphatic carbocycles. The second kappa shape index (κ2) is 6.04. The molecular formula is C19H16N4O. The van der Waals surface area contributed by atoms with Crippen molar-refractivity contribution in [3.8, 4) is 0 Å². The summed E-state index contributed by atoms with van der Waals surface area (Å²) in [7, 11) is 0. The summed E-state index contributed by atoms with van der Waals surface area (Å²) in [4.78, 5) is 17.4. The number of hydrogen-bond acceptors (Lipinski definition) is 4. The lowest BCUT2D eigenvalue weighted by Gasteiger charge is -2.37. The first kappa shape index (κ1) is 14.3. The number of hydrogen-bond donors (Lipinski definition) is 2. The maximum atomic E-state index is 13.0. The van der Waals surface area contributed by atoms with Crippen molar-refractivity contribution in [3.05, 3.63) is 90.3 Å². The molecule has 2 N–H and O–H groups in total. The maximum Gasteiger partial charge on any atom is 0.276 e. The van der Waals surface area contributed by atoms with Gasteiger partial charge in [-0.1, -0.05) is 36.4 Å². The molecule has 24 heavy (non-hydrogen) atoms. The molecule has 5 nitrogen and oxygen atoms in total. The highest BCUT2D eigenvalue weighted by molar-refractivity contribution is 6.02. The molecule has 1 aromatic heterocycles. The van der Waals surface area contributed by atoms with Crippen LogP contribution >= 0.6 is 0 Å². The quantitative estimate of drug-likeness (QED) is 0.774. The zero-order valence-electron chi connectivity index (χ0n) is 12.9. The fourth-order valence-corrected chi connectivity index (χ4v) is 2.77. The molecule has 118 valence electrons. The van der Waals surface area contributed by atoms with E-state index in [1.807, 2.05) is 72.8 Å². The number of amides is 1. The summed E-state index contributed by atoms with van der Waals surface area (Å²) in [5.74, 6) is -0.0937. The van der Waals surface area contributed by atoms with Gasteiger partial charge in [0.1, 0.15) is 0 Å². The molecule has 4 rings (SSSR count). The van der Waals surface area contributed by atoms with Crippen molar-refractivity contribution in [1.29, 1.82) is 0 Å². The SMILES string of the molecule is O=C1c2ccccc2NC(c2ccccn2)N1Nc1ccccc1. The number of benzene rings is 2. The third-order valence-corrected chi connectivity index (χ3v) is 3.92. The van der Waals surface area contributed by atoms with Crippen molar-refractivity contribution < 1.29 is 4.79 Å². The Morgan fingerprint density at radius 1 is 0.917 bits per heavy atom. The predicted molar refractivity (Wildman–Crippen MR) is 93.3 cm³/mol. The molecule has 0 spiro atoms. The highest BCUT2D eigenvalue weighted by Crippen LogP contribution is 2.32. The molecular weight excluding hydrogens is 300 g/mol. The minimum Gasteiger partial charge on any atom is -0.358 e. The van der Waals surface area contributed by atoms with Crippen molar-refractivity contribution >= 4 is 17.3 Å². The Balaban J connectivity index is 1.76. The van der Waals surface area contributed by atoms with Gasteiger partial charge >= 0.3 is 0 Å². The second-order valence-electron chi connectivity index (χ2n) is 5.50. The van der Waals surface area contributed by atoms with Crippen LogP contribution in [0, 0.1) is 0 Å².